The first-order chi connectivity index (χ1) is 9.95. The maximum atomic E-state index is 13.5. The van der Waals surface area contributed by atoms with Crippen molar-refractivity contribution in [3.05, 3.63) is 40.1 Å². The van der Waals surface area contributed by atoms with E-state index >= 15 is 0 Å². The second kappa shape index (κ2) is 6.66. The summed E-state index contributed by atoms with van der Waals surface area (Å²) in [5.41, 5.74) is 0. The van der Waals surface area contributed by atoms with E-state index in [1.54, 1.807) is 20.0 Å². The minimum Gasteiger partial charge on any atom is -0.481 e. The number of aromatic amines is 1. The van der Waals surface area contributed by atoms with Crippen molar-refractivity contribution < 1.29 is 13.9 Å². The fourth-order valence-corrected chi connectivity index (χ4v) is 1.94. The Kier molecular flexibility index (Phi) is 4.89. The van der Waals surface area contributed by atoms with Crippen molar-refractivity contribution in [2.24, 2.45) is 0 Å². The molecule has 0 aliphatic rings. The minimum absolute atomic E-state index is 0.0358. The Morgan fingerprint density at radius 1 is 1.52 bits per heavy atom. The molecule has 1 aromatic carbocycles. The van der Waals surface area contributed by atoms with Crippen molar-refractivity contribution in [3.63, 3.8) is 0 Å². The number of carbonyl (C=O) groups excluding carboxylic acids is 1. The second-order valence-electron chi connectivity index (χ2n) is 4.45. The standard InChI is InChI=1S/C13H14BrFN4O2/c1-8-16-12(18-17-8)6-19(2)13(20)7-21-11-4-3-9(14)5-10(11)15/h3-5H,6-7H2,1-2H3,(H,16,17,18). The second-order valence-corrected chi connectivity index (χ2v) is 5.37. The third-order valence-corrected chi connectivity index (χ3v) is 3.19. The molecular formula is C13H14BrFN4O2. The highest BCUT2D eigenvalue weighted by Gasteiger charge is 2.13. The van der Waals surface area contributed by atoms with Crippen LogP contribution in [0.3, 0.4) is 0 Å². The number of rotatable bonds is 5. The maximum absolute atomic E-state index is 13.5. The summed E-state index contributed by atoms with van der Waals surface area (Å²) >= 11 is 3.15. The average molecular weight is 357 g/mol. The molecule has 0 aliphatic carbocycles. The molecule has 112 valence electrons. The van der Waals surface area contributed by atoms with E-state index in [0.29, 0.717) is 16.1 Å². The summed E-state index contributed by atoms with van der Waals surface area (Å²) in [6, 6.07) is 4.38. The molecule has 0 radical (unpaired) electrons. The quantitative estimate of drug-likeness (QED) is 0.889. The molecule has 1 N–H and O–H groups in total. The zero-order valence-electron chi connectivity index (χ0n) is 11.6. The van der Waals surface area contributed by atoms with E-state index in [2.05, 4.69) is 31.1 Å². The van der Waals surface area contributed by atoms with Gasteiger partial charge in [-0.3, -0.25) is 9.89 Å². The zero-order chi connectivity index (χ0) is 15.4. The van der Waals surface area contributed by atoms with Crippen molar-refractivity contribution in [2.75, 3.05) is 13.7 Å². The molecule has 0 atom stereocenters. The molecule has 0 bridgehead atoms. The van der Waals surface area contributed by atoms with Gasteiger partial charge < -0.3 is 9.64 Å². The van der Waals surface area contributed by atoms with Gasteiger partial charge in [-0.05, 0) is 25.1 Å². The normalized spacial score (nSPS) is 10.5. The molecule has 2 aromatic rings. The first kappa shape index (κ1) is 15.4. The highest BCUT2D eigenvalue weighted by atomic mass is 79.9. The van der Waals surface area contributed by atoms with Gasteiger partial charge in [0, 0.05) is 11.5 Å². The summed E-state index contributed by atoms with van der Waals surface area (Å²) in [6.07, 6.45) is 0. The highest BCUT2D eigenvalue weighted by molar-refractivity contribution is 9.10. The molecule has 8 heteroatoms. The summed E-state index contributed by atoms with van der Waals surface area (Å²) in [6.45, 7) is 1.78. The number of likely N-dealkylation sites (N-methyl/N-ethyl adjacent to an activating group) is 1. The lowest BCUT2D eigenvalue weighted by molar-refractivity contribution is -0.132. The summed E-state index contributed by atoms with van der Waals surface area (Å²) in [5, 5.41) is 6.64. The largest absolute Gasteiger partial charge is 0.481 e. The van der Waals surface area contributed by atoms with E-state index in [-0.39, 0.29) is 24.8 Å². The number of amides is 1. The number of halogens is 2. The zero-order valence-corrected chi connectivity index (χ0v) is 13.1. The molecule has 0 saturated heterocycles. The van der Waals surface area contributed by atoms with Gasteiger partial charge in [-0.25, -0.2) is 9.37 Å². The lowest BCUT2D eigenvalue weighted by atomic mass is 10.3. The van der Waals surface area contributed by atoms with Crippen molar-refractivity contribution in [3.8, 4) is 5.75 Å². The van der Waals surface area contributed by atoms with Gasteiger partial charge >= 0.3 is 0 Å². The summed E-state index contributed by atoms with van der Waals surface area (Å²) in [5.74, 6) is 0.412. The Morgan fingerprint density at radius 2 is 2.29 bits per heavy atom. The van der Waals surface area contributed by atoms with Gasteiger partial charge in [0.1, 0.15) is 5.82 Å². The molecule has 6 nitrogen and oxygen atoms in total. The Morgan fingerprint density at radius 3 is 2.90 bits per heavy atom. The number of nitrogens with one attached hydrogen (secondary N) is 1. The average Bonchev–Trinajstić information content (AvgIpc) is 2.82. The monoisotopic (exact) mass is 356 g/mol. The number of nitrogens with zero attached hydrogens (tertiary/aromatic N) is 3. The molecule has 0 spiro atoms. The van der Waals surface area contributed by atoms with E-state index in [1.165, 1.54) is 17.0 Å². The van der Waals surface area contributed by atoms with Crippen LogP contribution in [0.4, 0.5) is 4.39 Å². The van der Waals surface area contributed by atoms with E-state index in [4.69, 9.17) is 4.74 Å². The van der Waals surface area contributed by atoms with E-state index in [0.717, 1.165) is 0 Å². The van der Waals surface area contributed by atoms with Crippen LogP contribution in [0.25, 0.3) is 0 Å². The highest BCUT2D eigenvalue weighted by Crippen LogP contribution is 2.21. The Labute approximate surface area is 129 Å². The Balaban J connectivity index is 1.89. The van der Waals surface area contributed by atoms with Crippen LogP contribution in [0.5, 0.6) is 5.75 Å². The lowest BCUT2D eigenvalue weighted by Gasteiger charge is -2.15. The van der Waals surface area contributed by atoms with Gasteiger partial charge in [0.25, 0.3) is 5.91 Å². The van der Waals surface area contributed by atoms with Gasteiger partial charge in [0.2, 0.25) is 0 Å². The third-order valence-electron chi connectivity index (χ3n) is 2.69. The third kappa shape index (κ3) is 4.25. The molecule has 21 heavy (non-hydrogen) atoms. The topological polar surface area (TPSA) is 71.1 Å². The predicted octanol–water partition coefficient (Wildman–Crippen LogP) is 2.05. The van der Waals surface area contributed by atoms with E-state index < -0.39 is 5.82 Å². The van der Waals surface area contributed by atoms with Crippen LogP contribution >= 0.6 is 15.9 Å². The van der Waals surface area contributed by atoms with Gasteiger partial charge in [-0.15, -0.1) is 0 Å². The summed E-state index contributed by atoms with van der Waals surface area (Å²) < 4.78 is 19.3. The maximum Gasteiger partial charge on any atom is 0.260 e. The van der Waals surface area contributed by atoms with Gasteiger partial charge in [-0.2, -0.15) is 5.10 Å². The number of aryl methyl sites for hydroxylation is 1. The van der Waals surface area contributed by atoms with Gasteiger partial charge in [0.15, 0.2) is 24.0 Å². The lowest BCUT2D eigenvalue weighted by Crippen LogP contribution is -2.31. The van der Waals surface area contributed by atoms with E-state index in [9.17, 15) is 9.18 Å². The van der Waals surface area contributed by atoms with Crippen LogP contribution in [0.15, 0.2) is 22.7 Å². The molecule has 2 rings (SSSR count). The minimum atomic E-state index is -0.524. The molecule has 1 heterocycles. The Hall–Kier alpha value is -1.96. The number of ether oxygens (including phenoxy) is 1. The predicted molar refractivity (Wildman–Crippen MR) is 77.2 cm³/mol. The first-order valence-corrected chi connectivity index (χ1v) is 6.94. The number of H-pyrrole nitrogens is 1. The van der Waals surface area contributed by atoms with E-state index in [1.807, 2.05) is 0 Å². The van der Waals surface area contributed by atoms with Crippen molar-refractivity contribution in [1.29, 1.82) is 0 Å². The van der Waals surface area contributed by atoms with Crippen LogP contribution in [0, 0.1) is 12.7 Å². The number of carbonyl (C=O) groups is 1. The van der Waals surface area contributed by atoms with Crippen LogP contribution < -0.4 is 4.74 Å². The van der Waals surface area contributed by atoms with Gasteiger partial charge in [0.05, 0.1) is 6.54 Å². The molecule has 1 aromatic heterocycles. The molecule has 0 aliphatic heterocycles. The van der Waals surface area contributed by atoms with Crippen molar-refractivity contribution in [1.82, 2.24) is 20.1 Å². The fourth-order valence-electron chi connectivity index (χ4n) is 1.60. The smallest absolute Gasteiger partial charge is 0.260 e. The van der Waals surface area contributed by atoms with Crippen LogP contribution in [-0.4, -0.2) is 39.6 Å². The molecule has 1 amide bonds. The molecule has 0 unspecified atom stereocenters. The molecular weight excluding hydrogens is 343 g/mol. The number of hydrogen-bond acceptors (Lipinski definition) is 4. The van der Waals surface area contributed by atoms with Crippen LogP contribution in [0.1, 0.15) is 11.6 Å². The number of hydrogen-bond donors (Lipinski definition) is 1. The summed E-state index contributed by atoms with van der Waals surface area (Å²) in [4.78, 5) is 17.4. The van der Waals surface area contributed by atoms with Gasteiger partial charge in [-0.1, -0.05) is 15.9 Å². The van der Waals surface area contributed by atoms with Crippen LogP contribution in [-0.2, 0) is 11.3 Å². The summed E-state index contributed by atoms with van der Waals surface area (Å²) in [7, 11) is 1.61. The van der Waals surface area contributed by atoms with Crippen molar-refractivity contribution >= 4 is 21.8 Å². The Bertz CT molecular complexity index is 647. The van der Waals surface area contributed by atoms with Crippen LogP contribution in [0.2, 0.25) is 0 Å². The SMILES string of the molecule is Cc1nc(CN(C)C(=O)COc2ccc(Br)cc2F)n[nH]1. The first-order valence-electron chi connectivity index (χ1n) is 6.15. The molecule has 0 fully saturated rings. The number of benzene rings is 1. The molecule has 0 saturated carbocycles. The number of aromatic nitrogens is 3. The van der Waals surface area contributed by atoms with Crippen molar-refractivity contribution in [2.45, 2.75) is 13.5 Å². The fraction of sp³-hybridized carbons (Fsp3) is 0.308.